The minimum Gasteiger partial charge on any atom is -0.375 e. The lowest BCUT2D eigenvalue weighted by Gasteiger charge is -2.13. The number of hydrogen-bond donors (Lipinski definition) is 0. The van der Waals surface area contributed by atoms with E-state index in [9.17, 15) is 0 Å². The van der Waals surface area contributed by atoms with Crippen LogP contribution in [0.5, 0.6) is 0 Å². The third kappa shape index (κ3) is 17.6. The van der Waals surface area contributed by atoms with Gasteiger partial charge in [-0.1, -0.05) is 149 Å². The molecule has 1 heterocycles. The average molecular weight is 423 g/mol. The van der Waals surface area contributed by atoms with Gasteiger partial charge < -0.3 is 4.74 Å². The number of rotatable bonds is 23. The summed E-state index contributed by atoms with van der Waals surface area (Å²) in [5.74, 6) is 0. The molecule has 180 valence electrons. The summed E-state index contributed by atoms with van der Waals surface area (Å²) in [5, 5.41) is 0. The van der Waals surface area contributed by atoms with Crippen molar-refractivity contribution in [2.75, 3.05) is 0 Å². The van der Waals surface area contributed by atoms with Gasteiger partial charge in [0.15, 0.2) is 0 Å². The second-order valence-corrected chi connectivity index (χ2v) is 10.3. The van der Waals surface area contributed by atoms with Crippen LogP contribution in [0.4, 0.5) is 0 Å². The molecule has 0 aromatic heterocycles. The van der Waals surface area contributed by atoms with E-state index in [-0.39, 0.29) is 0 Å². The predicted octanol–water partition coefficient (Wildman–Crippen LogP) is 10.5. The second-order valence-electron chi connectivity index (χ2n) is 10.3. The highest BCUT2D eigenvalue weighted by Gasteiger charge is 2.23. The Hall–Kier alpha value is -0.0400. The third-order valence-corrected chi connectivity index (χ3v) is 7.20. The standard InChI is InChI=1S/C29H58O/c1-3-5-7-8-9-10-11-12-13-14-15-16-17-18-19-20-21-23-25-29-27-26-28(30-29)24-22-6-4-2/h28-29H,3-27H2,1-2H3. The fourth-order valence-electron chi connectivity index (χ4n) is 5.10. The van der Waals surface area contributed by atoms with Crippen molar-refractivity contribution in [3.63, 3.8) is 0 Å². The smallest absolute Gasteiger partial charge is 0.0579 e. The number of ether oxygens (including phenoxy) is 1. The maximum atomic E-state index is 6.24. The van der Waals surface area contributed by atoms with Gasteiger partial charge in [0.05, 0.1) is 12.2 Å². The molecule has 1 aliphatic heterocycles. The second kappa shape index (κ2) is 22.2. The van der Waals surface area contributed by atoms with Crippen molar-refractivity contribution in [1.82, 2.24) is 0 Å². The summed E-state index contributed by atoms with van der Waals surface area (Å²) in [5.41, 5.74) is 0. The maximum absolute atomic E-state index is 6.24. The average Bonchev–Trinajstić information content (AvgIpc) is 3.20. The van der Waals surface area contributed by atoms with Crippen molar-refractivity contribution >= 4 is 0 Å². The van der Waals surface area contributed by atoms with Crippen molar-refractivity contribution in [1.29, 1.82) is 0 Å². The summed E-state index contributed by atoms with van der Waals surface area (Å²) in [7, 11) is 0. The Kier molecular flexibility index (Phi) is 20.7. The molecule has 0 amide bonds. The molecule has 1 aliphatic rings. The molecule has 1 saturated heterocycles. The Labute approximate surface area is 191 Å². The molecule has 0 spiro atoms. The number of unbranched alkanes of at least 4 members (excludes halogenated alkanes) is 19. The van der Waals surface area contributed by atoms with Crippen molar-refractivity contribution in [2.24, 2.45) is 0 Å². The number of hydrogen-bond acceptors (Lipinski definition) is 1. The van der Waals surface area contributed by atoms with E-state index in [1.165, 1.54) is 161 Å². The molecule has 0 radical (unpaired) electrons. The summed E-state index contributed by atoms with van der Waals surface area (Å²) in [6.07, 6.45) is 36.8. The van der Waals surface area contributed by atoms with Crippen LogP contribution in [0.3, 0.4) is 0 Å². The normalized spacial score (nSPS) is 19.0. The van der Waals surface area contributed by atoms with E-state index in [2.05, 4.69) is 13.8 Å². The largest absolute Gasteiger partial charge is 0.375 e. The Morgan fingerprint density at radius 1 is 0.400 bits per heavy atom. The van der Waals surface area contributed by atoms with E-state index in [1.54, 1.807) is 0 Å². The molecule has 0 aromatic carbocycles. The molecular weight excluding hydrogens is 364 g/mol. The van der Waals surface area contributed by atoms with E-state index < -0.39 is 0 Å². The van der Waals surface area contributed by atoms with Crippen molar-refractivity contribution in [3.8, 4) is 0 Å². The van der Waals surface area contributed by atoms with Crippen LogP contribution < -0.4 is 0 Å². The quantitative estimate of drug-likeness (QED) is 0.149. The van der Waals surface area contributed by atoms with Crippen LogP contribution in [0.2, 0.25) is 0 Å². The van der Waals surface area contributed by atoms with E-state index in [0.29, 0.717) is 12.2 Å². The first-order chi connectivity index (χ1) is 14.9. The molecule has 2 atom stereocenters. The molecule has 0 N–H and O–H groups in total. The first kappa shape index (κ1) is 28.0. The van der Waals surface area contributed by atoms with Gasteiger partial charge in [0.25, 0.3) is 0 Å². The van der Waals surface area contributed by atoms with Crippen molar-refractivity contribution < 1.29 is 4.74 Å². The lowest BCUT2D eigenvalue weighted by molar-refractivity contribution is 0.0335. The van der Waals surface area contributed by atoms with Gasteiger partial charge in [-0.2, -0.15) is 0 Å². The Bertz CT molecular complexity index is 326. The molecule has 1 rings (SSSR count). The van der Waals surface area contributed by atoms with Gasteiger partial charge in [-0.15, -0.1) is 0 Å². The molecule has 1 nitrogen and oxygen atoms in total. The zero-order chi connectivity index (χ0) is 21.5. The van der Waals surface area contributed by atoms with Crippen LogP contribution >= 0.6 is 0 Å². The van der Waals surface area contributed by atoms with Gasteiger partial charge >= 0.3 is 0 Å². The molecule has 1 heteroatoms. The van der Waals surface area contributed by atoms with E-state index in [0.717, 1.165) is 0 Å². The Balaban J connectivity index is 1.70. The van der Waals surface area contributed by atoms with E-state index >= 15 is 0 Å². The summed E-state index contributed by atoms with van der Waals surface area (Å²) in [6.45, 7) is 4.59. The maximum Gasteiger partial charge on any atom is 0.0579 e. The third-order valence-electron chi connectivity index (χ3n) is 7.20. The van der Waals surface area contributed by atoms with Gasteiger partial charge in [0, 0.05) is 0 Å². The van der Waals surface area contributed by atoms with Crippen LogP contribution in [0, 0.1) is 0 Å². The summed E-state index contributed by atoms with van der Waals surface area (Å²) in [6, 6.07) is 0. The zero-order valence-electron chi connectivity index (χ0n) is 21.2. The predicted molar refractivity (Wildman–Crippen MR) is 135 cm³/mol. The summed E-state index contributed by atoms with van der Waals surface area (Å²) in [4.78, 5) is 0. The van der Waals surface area contributed by atoms with Crippen molar-refractivity contribution in [3.05, 3.63) is 0 Å². The minimum absolute atomic E-state index is 0.595. The van der Waals surface area contributed by atoms with Gasteiger partial charge in [0.2, 0.25) is 0 Å². The lowest BCUT2D eigenvalue weighted by atomic mass is 10.0. The van der Waals surface area contributed by atoms with E-state index in [4.69, 9.17) is 4.74 Å². The van der Waals surface area contributed by atoms with E-state index in [1.807, 2.05) is 0 Å². The topological polar surface area (TPSA) is 9.23 Å². The summed E-state index contributed by atoms with van der Waals surface area (Å²) >= 11 is 0. The monoisotopic (exact) mass is 422 g/mol. The highest BCUT2D eigenvalue weighted by molar-refractivity contribution is 4.73. The van der Waals surface area contributed by atoms with Crippen LogP contribution in [0.25, 0.3) is 0 Å². The fraction of sp³-hybridized carbons (Fsp3) is 1.00. The molecule has 0 saturated carbocycles. The first-order valence-electron chi connectivity index (χ1n) is 14.5. The van der Waals surface area contributed by atoms with Gasteiger partial charge in [0.1, 0.15) is 0 Å². The van der Waals surface area contributed by atoms with Gasteiger partial charge in [-0.25, -0.2) is 0 Å². The Morgan fingerprint density at radius 2 is 0.667 bits per heavy atom. The molecule has 0 bridgehead atoms. The SMILES string of the molecule is CCCCCCCCCCCCCCCCCCCCC1CCC(CCCCC)O1. The fourth-order valence-corrected chi connectivity index (χ4v) is 5.10. The lowest BCUT2D eigenvalue weighted by Crippen LogP contribution is -2.10. The molecule has 0 aromatic rings. The molecular formula is C29H58O. The Morgan fingerprint density at radius 3 is 1.03 bits per heavy atom. The van der Waals surface area contributed by atoms with Crippen LogP contribution in [-0.2, 0) is 4.74 Å². The molecule has 30 heavy (non-hydrogen) atoms. The molecule has 0 aliphatic carbocycles. The molecule has 1 fully saturated rings. The first-order valence-corrected chi connectivity index (χ1v) is 14.5. The van der Waals surface area contributed by atoms with Gasteiger partial charge in [-0.05, 0) is 25.7 Å². The summed E-state index contributed by atoms with van der Waals surface area (Å²) < 4.78 is 6.24. The van der Waals surface area contributed by atoms with Gasteiger partial charge in [-0.3, -0.25) is 0 Å². The highest BCUT2D eigenvalue weighted by Crippen LogP contribution is 2.27. The van der Waals surface area contributed by atoms with Crippen LogP contribution in [0.1, 0.15) is 174 Å². The van der Waals surface area contributed by atoms with Crippen molar-refractivity contribution in [2.45, 2.75) is 187 Å². The molecule has 2 unspecified atom stereocenters. The zero-order valence-corrected chi connectivity index (χ0v) is 21.2. The van der Waals surface area contributed by atoms with Crippen LogP contribution in [0.15, 0.2) is 0 Å². The highest BCUT2D eigenvalue weighted by atomic mass is 16.5. The van der Waals surface area contributed by atoms with Crippen LogP contribution in [-0.4, -0.2) is 12.2 Å². The minimum atomic E-state index is 0.595.